The number of rotatable bonds is 10. The second kappa shape index (κ2) is 9.87. The first-order valence-electron chi connectivity index (χ1n) is 6.17. The van der Waals surface area contributed by atoms with E-state index in [-0.39, 0.29) is 6.42 Å². The summed E-state index contributed by atoms with van der Waals surface area (Å²) in [7, 11) is 0. The lowest BCUT2D eigenvalue weighted by Gasteiger charge is -2.07. The van der Waals surface area contributed by atoms with E-state index in [1.54, 1.807) is 0 Å². The normalized spacial score (nSPS) is 12.8. The Morgan fingerprint density at radius 2 is 1.71 bits per heavy atom. The van der Waals surface area contributed by atoms with Crippen LogP contribution in [0.3, 0.4) is 0 Å². The minimum atomic E-state index is -1.05. The fourth-order valence-corrected chi connectivity index (χ4v) is 1.56. The van der Waals surface area contributed by atoms with Crippen molar-refractivity contribution in [3.63, 3.8) is 0 Å². The van der Waals surface area contributed by atoms with Crippen LogP contribution in [0.5, 0.6) is 0 Å². The van der Waals surface area contributed by atoms with Gasteiger partial charge in [0.25, 0.3) is 0 Å². The van der Waals surface area contributed by atoms with E-state index < -0.39 is 17.9 Å². The second-order valence-electron chi connectivity index (χ2n) is 4.18. The van der Waals surface area contributed by atoms with E-state index in [4.69, 9.17) is 10.2 Å². The number of carbonyl (C=O) groups is 2. The number of carboxylic acids is 2. The molecule has 0 aromatic rings. The minimum Gasteiger partial charge on any atom is -0.481 e. The molecule has 0 aromatic carbocycles. The molecule has 1 unspecified atom stereocenters. The van der Waals surface area contributed by atoms with Crippen LogP contribution in [0, 0.1) is 5.92 Å². The third-order valence-corrected chi connectivity index (χ3v) is 2.58. The topological polar surface area (TPSA) is 74.6 Å². The minimum absolute atomic E-state index is 0.283. The van der Waals surface area contributed by atoms with E-state index in [2.05, 4.69) is 19.1 Å². The summed E-state index contributed by atoms with van der Waals surface area (Å²) in [6.45, 7) is 2.14. The molecule has 1 atom stereocenters. The predicted molar refractivity (Wildman–Crippen MR) is 65.9 cm³/mol. The summed E-state index contributed by atoms with van der Waals surface area (Å²) in [5, 5.41) is 17.4. The molecule has 0 spiro atoms. The number of allylic oxidation sites excluding steroid dienone is 2. The zero-order valence-electron chi connectivity index (χ0n) is 10.4. The van der Waals surface area contributed by atoms with Gasteiger partial charge in [-0.05, 0) is 25.7 Å². The lowest BCUT2D eigenvalue weighted by Crippen LogP contribution is -2.17. The van der Waals surface area contributed by atoms with Gasteiger partial charge in [-0.1, -0.05) is 31.9 Å². The number of aliphatic carboxylic acids is 2. The van der Waals surface area contributed by atoms with E-state index in [0.717, 1.165) is 19.3 Å². The number of unbranched alkanes of at least 4 members (excludes halogenated alkanes) is 3. The number of carboxylic acid groups (broad SMARTS) is 2. The maximum atomic E-state index is 10.8. The summed E-state index contributed by atoms with van der Waals surface area (Å²) < 4.78 is 0. The Hall–Kier alpha value is -1.32. The van der Waals surface area contributed by atoms with Gasteiger partial charge < -0.3 is 10.2 Å². The van der Waals surface area contributed by atoms with Gasteiger partial charge in [-0.3, -0.25) is 9.59 Å². The molecule has 0 rings (SSSR count). The highest BCUT2D eigenvalue weighted by atomic mass is 16.4. The summed E-state index contributed by atoms with van der Waals surface area (Å²) in [5.41, 5.74) is 0. The lowest BCUT2D eigenvalue weighted by atomic mass is 9.98. The Morgan fingerprint density at radius 1 is 1.12 bits per heavy atom. The number of hydrogen-bond acceptors (Lipinski definition) is 2. The van der Waals surface area contributed by atoms with Crippen LogP contribution in [0.25, 0.3) is 0 Å². The Bertz CT molecular complexity index is 258. The molecule has 0 aliphatic carbocycles. The van der Waals surface area contributed by atoms with Gasteiger partial charge in [0.15, 0.2) is 0 Å². The molecular weight excluding hydrogens is 220 g/mol. The summed E-state index contributed by atoms with van der Waals surface area (Å²) in [6.07, 6.45) is 9.27. The first kappa shape index (κ1) is 15.7. The van der Waals surface area contributed by atoms with Crippen LogP contribution >= 0.6 is 0 Å². The molecule has 0 bridgehead atoms. The van der Waals surface area contributed by atoms with E-state index >= 15 is 0 Å². The van der Waals surface area contributed by atoms with Crippen LogP contribution in [-0.4, -0.2) is 22.2 Å². The van der Waals surface area contributed by atoms with Gasteiger partial charge in [0.05, 0.1) is 12.3 Å². The van der Waals surface area contributed by atoms with Crippen LogP contribution < -0.4 is 0 Å². The molecular formula is C13H22O4. The number of hydrogen-bond donors (Lipinski definition) is 2. The van der Waals surface area contributed by atoms with Gasteiger partial charge in [-0.2, -0.15) is 0 Å². The van der Waals surface area contributed by atoms with Crippen molar-refractivity contribution >= 4 is 11.9 Å². The summed E-state index contributed by atoms with van der Waals surface area (Å²) in [6, 6.07) is 0. The van der Waals surface area contributed by atoms with Gasteiger partial charge >= 0.3 is 11.9 Å². The van der Waals surface area contributed by atoms with Crippen molar-refractivity contribution in [3.05, 3.63) is 12.2 Å². The molecule has 0 aliphatic heterocycles. The van der Waals surface area contributed by atoms with E-state index in [9.17, 15) is 9.59 Å². The average Bonchev–Trinajstić information content (AvgIpc) is 2.25. The fraction of sp³-hybridized carbons (Fsp3) is 0.692. The van der Waals surface area contributed by atoms with Crippen LogP contribution in [0.1, 0.15) is 51.9 Å². The van der Waals surface area contributed by atoms with Crippen molar-refractivity contribution in [1.82, 2.24) is 0 Å². The van der Waals surface area contributed by atoms with Crippen molar-refractivity contribution in [1.29, 1.82) is 0 Å². The molecule has 4 heteroatoms. The van der Waals surface area contributed by atoms with E-state index in [1.165, 1.54) is 12.8 Å². The van der Waals surface area contributed by atoms with Gasteiger partial charge in [-0.25, -0.2) is 0 Å². The largest absolute Gasteiger partial charge is 0.481 e. The average molecular weight is 242 g/mol. The van der Waals surface area contributed by atoms with Crippen molar-refractivity contribution in [3.8, 4) is 0 Å². The van der Waals surface area contributed by atoms with Crippen molar-refractivity contribution in [2.75, 3.05) is 0 Å². The van der Waals surface area contributed by atoms with Crippen molar-refractivity contribution in [2.45, 2.75) is 51.9 Å². The van der Waals surface area contributed by atoms with Crippen LogP contribution in [0.15, 0.2) is 12.2 Å². The summed E-state index contributed by atoms with van der Waals surface area (Å²) in [5.74, 6) is -2.81. The molecule has 0 aliphatic rings. The summed E-state index contributed by atoms with van der Waals surface area (Å²) in [4.78, 5) is 21.2. The molecule has 0 heterocycles. The maximum absolute atomic E-state index is 10.8. The monoisotopic (exact) mass is 242 g/mol. The van der Waals surface area contributed by atoms with Crippen molar-refractivity contribution < 1.29 is 19.8 Å². The zero-order chi connectivity index (χ0) is 13.1. The first-order valence-corrected chi connectivity index (χ1v) is 6.17. The Kier molecular flexibility index (Phi) is 9.11. The molecule has 0 radical (unpaired) electrons. The van der Waals surface area contributed by atoms with Gasteiger partial charge in [0.2, 0.25) is 0 Å². The maximum Gasteiger partial charge on any atom is 0.307 e. The highest BCUT2D eigenvalue weighted by molar-refractivity contribution is 5.77. The highest BCUT2D eigenvalue weighted by Gasteiger charge is 2.19. The van der Waals surface area contributed by atoms with Crippen LogP contribution in [0.2, 0.25) is 0 Å². The second-order valence-corrected chi connectivity index (χ2v) is 4.18. The molecule has 17 heavy (non-hydrogen) atoms. The van der Waals surface area contributed by atoms with Gasteiger partial charge in [0.1, 0.15) is 0 Å². The van der Waals surface area contributed by atoms with Gasteiger partial charge in [-0.15, -0.1) is 0 Å². The predicted octanol–water partition coefficient (Wildman–Crippen LogP) is 3.08. The Labute approximate surface area is 102 Å². The standard InChI is InChI=1S/C13H22O4/c1-2-3-4-5-6-7-8-9-11(13(16)17)10-12(14)15/h5-6,11H,2-4,7-10H2,1H3,(H,14,15)(H,16,17)/b6-5+. The molecule has 98 valence electrons. The third-order valence-electron chi connectivity index (χ3n) is 2.58. The molecule has 0 aromatic heterocycles. The van der Waals surface area contributed by atoms with Crippen LogP contribution in [-0.2, 0) is 9.59 Å². The molecule has 2 N–H and O–H groups in total. The van der Waals surface area contributed by atoms with Gasteiger partial charge in [0, 0.05) is 0 Å². The third kappa shape index (κ3) is 9.60. The Morgan fingerprint density at radius 3 is 2.18 bits per heavy atom. The highest BCUT2D eigenvalue weighted by Crippen LogP contribution is 2.13. The molecule has 0 amide bonds. The molecule has 0 saturated carbocycles. The van der Waals surface area contributed by atoms with Crippen molar-refractivity contribution in [2.24, 2.45) is 5.92 Å². The Balaban J connectivity index is 3.71. The fourth-order valence-electron chi connectivity index (χ4n) is 1.56. The van der Waals surface area contributed by atoms with E-state index in [1.807, 2.05) is 0 Å². The molecule has 0 saturated heterocycles. The zero-order valence-corrected chi connectivity index (χ0v) is 10.4. The summed E-state index contributed by atoms with van der Waals surface area (Å²) >= 11 is 0. The smallest absolute Gasteiger partial charge is 0.307 e. The quantitative estimate of drug-likeness (QED) is 0.456. The van der Waals surface area contributed by atoms with E-state index in [0.29, 0.717) is 6.42 Å². The molecule has 0 fully saturated rings. The SMILES string of the molecule is CCCC/C=C/CCCC(CC(=O)O)C(=O)O. The lowest BCUT2D eigenvalue weighted by molar-refractivity contribution is -0.148. The van der Waals surface area contributed by atoms with Crippen LogP contribution in [0.4, 0.5) is 0 Å². The first-order chi connectivity index (χ1) is 8.07. The molecule has 4 nitrogen and oxygen atoms in total.